The lowest BCUT2D eigenvalue weighted by atomic mass is 10.0. The van der Waals surface area contributed by atoms with Gasteiger partial charge in [0.05, 0.1) is 0 Å². The first-order chi connectivity index (χ1) is 7.31. The Balaban J connectivity index is 4.80. The highest BCUT2D eigenvalue weighted by molar-refractivity contribution is 5.73. The fourth-order valence-corrected chi connectivity index (χ4v) is 0.936. The molecule has 0 aliphatic rings. The predicted molar refractivity (Wildman–Crippen MR) is 47.3 cm³/mol. The molecule has 8 nitrogen and oxygen atoms in total. The van der Waals surface area contributed by atoms with E-state index in [1.807, 2.05) is 0 Å². The first-order valence-electron chi connectivity index (χ1n) is 4.20. The molecule has 0 aliphatic heterocycles. The summed E-state index contributed by atoms with van der Waals surface area (Å²) < 4.78 is 4.34. The third kappa shape index (κ3) is 3.93. The Hall–Kier alpha value is -1.51. The molecule has 0 aliphatic carbocycles. The molecule has 0 heterocycles. The van der Waals surface area contributed by atoms with Crippen LogP contribution in [-0.4, -0.2) is 63.1 Å². The lowest BCUT2D eigenvalue weighted by Crippen LogP contribution is -2.50. The van der Waals surface area contributed by atoms with Crippen molar-refractivity contribution in [2.45, 2.75) is 31.3 Å². The van der Waals surface area contributed by atoms with E-state index in [2.05, 4.69) is 4.74 Å². The first kappa shape index (κ1) is 14.5. The van der Waals surface area contributed by atoms with Crippen LogP contribution in [0, 0.1) is 0 Å². The molecule has 16 heavy (non-hydrogen) atoms. The number of aldehydes is 1. The lowest BCUT2D eigenvalue weighted by Gasteiger charge is -2.25. The number of aliphatic carboxylic acids is 1. The average molecular weight is 236 g/mol. The molecule has 92 valence electrons. The summed E-state index contributed by atoms with van der Waals surface area (Å²) in [4.78, 5) is 31.1. The highest BCUT2D eigenvalue weighted by Gasteiger charge is 2.37. The number of carboxylic acid groups (broad SMARTS) is 1. The monoisotopic (exact) mass is 236 g/mol. The third-order valence-corrected chi connectivity index (χ3v) is 1.69. The average Bonchev–Trinajstić information content (AvgIpc) is 2.22. The van der Waals surface area contributed by atoms with Gasteiger partial charge >= 0.3 is 11.9 Å². The summed E-state index contributed by atoms with van der Waals surface area (Å²) in [6.07, 6.45) is -8.19. The second-order valence-electron chi connectivity index (χ2n) is 2.97. The minimum atomic E-state index is -2.28. The molecule has 0 saturated carbocycles. The summed E-state index contributed by atoms with van der Waals surface area (Å²) in [5.41, 5.74) is 0. The predicted octanol–water partition coefficient (Wildman–Crippen LogP) is -2.72. The van der Waals surface area contributed by atoms with E-state index in [1.165, 1.54) is 0 Å². The van der Waals surface area contributed by atoms with Crippen LogP contribution in [0.5, 0.6) is 0 Å². The summed E-state index contributed by atoms with van der Waals surface area (Å²) in [5.74, 6) is -2.72. The molecule has 4 atom stereocenters. The maximum absolute atomic E-state index is 10.6. The number of hydrogen-bond donors (Lipinski definition) is 4. The molecule has 0 aromatic heterocycles. The van der Waals surface area contributed by atoms with Gasteiger partial charge in [0.25, 0.3) is 0 Å². The summed E-state index contributed by atoms with van der Waals surface area (Å²) in [6, 6.07) is 0. The van der Waals surface area contributed by atoms with Gasteiger partial charge in [-0.1, -0.05) is 0 Å². The van der Waals surface area contributed by atoms with Crippen LogP contribution >= 0.6 is 0 Å². The van der Waals surface area contributed by atoms with E-state index in [9.17, 15) is 19.5 Å². The third-order valence-electron chi connectivity index (χ3n) is 1.69. The van der Waals surface area contributed by atoms with Crippen molar-refractivity contribution in [3.8, 4) is 0 Å². The van der Waals surface area contributed by atoms with Gasteiger partial charge in [-0.25, -0.2) is 4.79 Å². The minimum Gasteiger partial charge on any atom is -0.479 e. The molecule has 0 unspecified atom stereocenters. The highest BCUT2D eigenvalue weighted by atomic mass is 16.6. The Bertz CT molecular complexity index is 275. The minimum absolute atomic E-state index is 0.0502. The molecule has 0 bridgehead atoms. The van der Waals surface area contributed by atoms with Crippen LogP contribution in [-0.2, 0) is 19.1 Å². The van der Waals surface area contributed by atoms with Crippen molar-refractivity contribution in [1.29, 1.82) is 0 Å². The topological polar surface area (TPSA) is 141 Å². The Labute approximate surface area is 90.1 Å². The molecule has 0 aromatic carbocycles. The van der Waals surface area contributed by atoms with E-state index in [4.69, 9.17) is 15.3 Å². The molecule has 0 saturated heterocycles. The lowest BCUT2D eigenvalue weighted by molar-refractivity contribution is -0.178. The van der Waals surface area contributed by atoms with Crippen molar-refractivity contribution in [3.05, 3.63) is 0 Å². The molecule has 4 N–H and O–H groups in total. The molecule has 0 spiro atoms. The molecule has 8 heteroatoms. The smallest absolute Gasteiger partial charge is 0.335 e. The number of ether oxygens (including phenoxy) is 1. The van der Waals surface area contributed by atoms with E-state index in [0.29, 0.717) is 0 Å². The number of rotatable bonds is 6. The quantitative estimate of drug-likeness (QED) is 0.288. The van der Waals surface area contributed by atoms with Crippen molar-refractivity contribution < 1.29 is 39.5 Å². The number of esters is 1. The van der Waals surface area contributed by atoms with Gasteiger partial charge in [-0.15, -0.1) is 0 Å². The number of carboxylic acids is 1. The Kier molecular flexibility index (Phi) is 5.57. The van der Waals surface area contributed by atoms with E-state index in [0.717, 1.165) is 6.92 Å². The number of carbonyl (C=O) groups excluding carboxylic acids is 2. The Morgan fingerprint density at radius 2 is 1.75 bits per heavy atom. The van der Waals surface area contributed by atoms with Gasteiger partial charge < -0.3 is 30.0 Å². The van der Waals surface area contributed by atoms with E-state index >= 15 is 0 Å². The van der Waals surface area contributed by atoms with E-state index in [1.54, 1.807) is 0 Å². The number of carbonyl (C=O) groups is 3. The highest BCUT2D eigenvalue weighted by Crippen LogP contribution is 2.09. The summed E-state index contributed by atoms with van der Waals surface area (Å²) in [6.45, 7) is 0.935. The second-order valence-corrected chi connectivity index (χ2v) is 2.97. The van der Waals surface area contributed by atoms with Crippen LogP contribution in [0.2, 0.25) is 0 Å². The van der Waals surface area contributed by atoms with Crippen LogP contribution < -0.4 is 0 Å². The van der Waals surface area contributed by atoms with Crippen LogP contribution in [0.3, 0.4) is 0 Å². The molecule has 0 aromatic rings. The molecule has 0 radical (unpaired) electrons. The van der Waals surface area contributed by atoms with Gasteiger partial charge in [0, 0.05) is 6.92 Å². The van der Waals surface area contributed by atoms with Crippen molar-refractivity contribution in [3.63, 3.8) is 0 Å². The molecule has 0 amide bonds. The van der Waals surface area contributed by atoms with Gasteiger partial charge in [-0.2, -0.15) is 0 Å². The van der Waals surface area contributed by atoms with E-state index < -0.39 is 36.4 Å². The Morgan fingerprint density at radius 1 is 1.25 bits per heavy atom. The van der Waals surface area contributed by atoms with Crippen LogP contribution in [0.15, 0.2) is 0 Å². The zero-order valence-corrected chi connectivity index (χ0v) is 8.31. The largest absolute Gasteiger partial charge is 0.479 e. The summed E-state index contributed by atoms with van der Waals surface area (Å²) in [7, 11) is 0. The number of hydrogen-bond acceptors (Lipinski definition) is 7. The second kappa shape index (κ2) is 6.16. The fraction of sp³-hybridized carbons (Fsp3) is 0.625. The standard InChI is InChI=1S/C8H12O8/c1-3(10)16-7(4(11)2-9)5(12)6(13)8(14)15/h2,4-7,11-13H,1H3,(H,14,15)/t4-,5-,6-,7+/m0/s1. The molecule has 0 rings (SSSR count). The first-order valence-corrected chi connectivity index (χ1v) is 4.20. The maximum Gasteiger partial charge on any atom is 0.335 e. The van der Waals surface area contributed by atoms with Crippen molar-refractivity contribution >= 4 is 18.2 Å². The fourth-order valence-electron chi connectivity index (χ4n) is 0.936. The molecule has 0 fully saturated rings. The van der Waals surface area contributed by atoms with Gasteiger partial charge in [-0.3, -0.25) is 4.79 Å². The maximum atomic E-state index is 10.6. The van der Waals surface area contributed by atoms with Crippen LogP contribution in [0.1, 0.15) is 6.92 Å². The molecular weight excluding hydrogens is 224 g/mol. The number of aliphatic hydroxyl groups excluding tert-OH is 3. The summed E-state index contributed by atoms with van der Waals surface area (Å²) in [5, 5.41) is 35.7. The Morgan fingerprint density at radius 3 is 2.06 bits per heavy atom. The zero-order chi connectivity index (χ0) is 12.9. The molecular formula is C8H12O8. The SMILES string of the molecule is CC(=O)O[C@@H]([C@@H](O)[C@H](O)C(=O)O)[C@@H](O)C=O. The van der Waals surface area contributed by atoms with Gasteiger partial charge in [-0.05, 0) is 0 Å². The van der Waals surface area contributed by atoms with Gasteiger partial charge in [0.15, 0.2) is 18.5 Å². The van der Waals surface area contributed by atoms with Gasteiger partial charge in [0.1, 0.15) is 12.2 Å². The van der Waals surface area contributed by atoms with Crippen molar-refractivity contribution in [2.75, 3.05) is 0 Å². The van der Waals surface area contributed by atoms with Crippen molar-refractivity contribution in [1.82, 2.24) is 0 Å². The number of aliphatic hydroxyl groups is 3. The van der Waals surface area contributed by atoms with Gasteiger partial charge in [0.2, 0.25) is 0 Å². The van der Waals surface area contributed by atoms with Crippen LogP contribution in [0.25, 0.3) is 0 Å². The van der Waals surface area contributed by atoms with Crippen molar-refractivity contribution in [2.24, 2.45) is 0 Å². The van der Waals surface area contributed by atoms with Crippen LogP contribution in [0.4, 0.5) is 0 Å². The van der Waals surface area contributed by atoms with E-state index in [-0.39, 0.29) is 6.29 Å². The zero-order valence-electron chi connectivity index (χ0n) is 8.31. The normalized spacial score (nSPS) is 18.0. The summed E-state index contributed by atoms with van der Waals surface area (Å²) >= 11 is 0.